The summed E-state index contributed by atoms with van der Waals surface area (Å²) in [4.78, 5) is 0. The molecule has 0 N–H and O–H groups in total. The van der Waals surface area contributed by atoms with Crippen molar-refractivity contribution >= 4 is 14.5 Å². The highest BCUT2D eigenvalue weighted by atomic mass is 31.0. The van der Waals surface area contributed by atoms with Crippen LogP contribution in [0.4, 0.5) is 0 Å². The highest BCUT2D eigenvalue weighted by molar-refractivity contribution is 7.27. The average Bonchev–Trinajstić information content (AvgIpc) is 1.94. The van der Waals surface area contributed by atoms with Crippen molar-refractivity contribution in [3.63, 3.8) is 0 Å². The third-order valence-corrected chi connectivity index (χ3v) is 3.11. The van der Waals surface area contributed by atoms with Crippen LogP contribution in [-0.4, -0.2) is 0 Å². The van der Waals surface area contributed by atoms with E-state index in [2.05, 4.69) is 56.0 Å². The summed E-state index contributed by atoms with van der Waals surface area (Å²) in [5.41, 5.74) is 4.41. The van der Waals surface area contributed by atoms with Gasteiger partial charge in [-0.3, -0.25) is 0 Å². The van der Waals surface area contributed by atoms with E-state index in [0.717, 1.165) is 0 Å². The second kappa shape index (κ2) is 3.42. The van der Waals surface area contributed by atoms with Crippen molar-refractivity contribution in [2.24, 2.45) is 0 Å². The molecule has 1 atom stereocenters. The average molecular weight is 194 g/mol. The van der Waals surface area contributed by atoms with E-state index in [1.807, 2.05) is 0 Å². The quantitative estimate of drug-likeness (QED) is 0.557. The molecule has 0 aliphatic carbocycles. The van der Waals surface area contributed by atoms with Crippen molar-refractivity contribution in [2.75, 3.05) is 0 Å². The van der Waals surface area contributed by atoms with Crippen molar-refractivity contribution in [1.82, 2.24) is 0 Å². The van der Waals surface area contributed by atoms with Crippen LogP contribution in [0.25, 0.3) is 0 Å². The van der Waals surface area contributed by atoms with Crippen LogP contribution in [0.5, 0.6) is 0 Å². The molecule has 1 unspecified atom stereocenters. The summed E-state index contributed by atoms with van der Waals surface area (Å²) in [6.07, 6.45) is 0. The molecule has 1 rings (SSSR count). The summed E-state index contributed by atoms with van der Waals surface area (Å²) < 4.78 is 0. The van der Waals surface area contributed by atoms with Gasteiger partial charge in [-0.05, 0) is 35.7 Å². The van der Waals surface area contributed by atoms with E-state index in [4.69, 9.17) is 0 Å². The van der Waals surface area contributed by atoms with Crippen LogP contribution in [0.15, 0.2) is 12.1 Å². The van der Waals surface area contributed by atoms with Gasteiger partial charge in [0.15, 0.2) is 0 Å². The van der Waals surface area contributed by atoms with E-state index >= 15 is 0 Å². The molecule has 0 aliphatic rings. The first-order valence-electron chi connectivity index (χ1n) is 4.69. The maximum atomic E-state index is 2.85. The standard InChI is InChI=1S/C12H19P/c1-8-6-9(2)11(13)10(7-8)12(3,4)5/h6-7H,13H2,1-5H3. The van der Waals surface area contributed by atoms with Gasteiger partial charge in [-0.25, -0.2) is 0 Å². The molecule has 0 amide bonds. The van der Waals surface area contributed by atoms with Gasteiger partial charge in [-0.15, -0.1) is 9.24 Å². The van der Waals surface area contributed by atoms with Gasteiger partial charge in [0.05, 0.1) is 0 Å². The van der Waals surface area contributed by atoms with Crippen molar-refractivity contribution in [3.8, 4) is 0 Å². The minimum absolute atomic E-state index is 0.244. The lowest BCUT2D eigenvalue weighted by molar-refractivity contribution is 0.593. The Balaban J connectivity index is 3.37. The van der Waals surface area contributed by atoms with E-state index in [0.29, 0.717) is 0 Å². The van der Waals surface area contributed by atoms with Crippen LogP contribution in [0.2, 0.25) is 0 Å². The van der Waals surface area contributed by atoms with E-state index in [1.54, 1.807) is 0 Å². The third-order valence-electron chi connectivity index (χ3n) is 2.34. The molecule has 1 heteroatoms. The second-order valence-corrected chi connectivity index (χ2v) is 5.37. The molecule has 0 nitrogen and oxygen atoms in total. The SMILES string of the molecule is Cc1cc(C)c(P)c(C(C)(C)C)c1. The summed E-state index contributed by atoms with van der Waals surface area (Å²) >= 11 is 0. The Morgan fingerprint density at radius 1 is 1.08 bits per heavy atom. The molecule has 0 saturated carbocycles. The van der Waals surface area contributed by atoms with Gasteiger partial charge < -0.3 is 0 Å². The Labute approximate surface area is 84.0 Å². The largest absolute Gasteiger partial charge is 0.105 e. The van der Waals surface area contributed by atoms with Crippen LogP contribution in [0.1, 0.15) is 37.5 Å². The first-order valence-corrected chi connectivity index (χ1v) is 5.27. The molecule has 0 saturated heterocycles. The molecule has 0 spiro atoms. The van der Waals surface area contributed by atoms with Crippen molar-refractivity contribution in [3.05, 3.63) is 28.8 Å². The summed E-state index contributed by atoms with van der Waals surface area (Å²) in [5, 5.41) is 1.36. The normalized spacial score (nSPS) is 11.8. The van der Waals surface area contributed by atoms with Crippen LogP contribution >= 0.6 is 9.24 Å². The zero-order valence-corrected chi connectivity index (χ0v) is 10.4. The fourth-order valence-corrected chi connectivity index (χ4v) is 2.20. The molecule has 0 fully saturated rings. The van der Waals surface area contributed by atoms with E-state index in [-0.39, 0.29) is 5.41 Å². The first-order chi connectivity index (χ1) is 5.82. The maximum absolute atomic E-state index is 2.85. The van der Waals surface area contributed by atoms with Crippen LogP contribution in [0, 0.1) is 13.8 Å². The lowest BCUT2D eigenvalue weighted by Crippen LogP contribution is -2.20. The van der Waals surface area contributed by atoms with Crippen LogP contribution in [0.3, 0.4) is 0 Å². The second-order valence-electron chi connectivity index (χ2n) is 4.79. The molecule has 1 aromatic rings. The minimum atomic E-state index is 0.244. The zero-order valence-electron chi connectivity index (χ0n) is 9.23. The van der Waals surface area contributed by atoms with E-state index in [1.165, 1.54) is 22.0 Å². The molecule has 0 aromatic heterocycles. The molecule has 0 radical (unpaired) electrons. The zero-order chi connectivity index (χ0) is 10.2. The summed E-state index contributed by atoms with van der Waals surface area (Å²) in [6, 6.07) is 4.52. The third kappa shape index (κ3) is 2.31. The minimum Gasteiger partial charge on any atom is -0.105 e. The Morgan fingerprint density at radius 2 is 1.62 bits per heavy atom. The monoisotopic (exact) mass is 194 g/mol. The van der Waals surface area contributed by atoms with Gasteiger partial charge in [0.2, 0.25) is 0 Å². The van der Waals surface area contributed by atoms with Gasteiger partial charge >= 0.3 is 0 Å². The molecule has 0 bridgehead atoms. The highest BCUT2D eigenvalue weighted by Gasteiger charge is 2.17. The Morgan fingerprint density at radius 3 is 2.08 bits per heavy atom. The van der Waals surface area contributed by atoms with Gasteiger partial charge in [-0.1, -0.05) is 38.5 Å². The van der Waals surface area contributed by atoms with Gasteiger partial charge in [-0.2, -0.15) is 0 Å². The molecular weight excluding hydrogens is 175 g/mol. The molecule has 72 valence electrons. The number of rotatable bonds is 0. The topological polar surface area (TPSA) is 0 Å². The molecule has 0 heterocycles. The Bertz CT molecular complexity index is 319. The molecule has 0 aliphatic heterocycles. The van der Waals surface area contributed by atoms with Gasteiger partial charge in [0.1, 0.15) is 0 Å². The van der Waals surface area contributed by atoms with Gasteiger partial charge in [0, 0.05) is 0 Å². The highest BCUT2D eigenvalue weighted by Crippen LogP contribution is 2.24. The van der Waals surface area contributed by atoms with E-state index in [9.17, 15) is 0 Å². The lowest BCUT2D eigenvalue weighted by atomic mass is 9.85. The van der Waals surface area contributed by atoms with Crippen molar-refractivity contribution in [2.45, 2.75) is 40.0 Å². The van der Waals surface area contributed by atoms with Crippen molar-refractivity contribution < 1.29 is 0 Å². The smallest absolute Gasteiger partial charge is 0.0126 e. The number of hydrogen-bond acceptors (Lipinski definition) is 0. The number of aryl methyl sites for hydroxylation is 2. The predicted molar refractivity (Wildman–Crippen MR) is 64.0 cm³/mol. The Kier molecular flexibility index (Phi) is 2.82. The summed E-state index contributed by atoms with van der Waals surface area (Å²) in [7, 11) is 2.85. The Hall–Kier alpha value is -0.350. The van der Waals surface area contributed by atoms with Crippen LogP contribution in [-0.2, 0) is 5.41 Å². The molecular formula is C12H19P. The summed E-state index contributed by atoms with van der Waals surface area (Å²) in [5.74, 6) is 0. The molecule has 13 heavy (non-hydrogen) atoms. The first kappa shape index (κ1) is 10.7. The van der Waals surface area contributed by atoms with Gasteiger partial charge in [0.25, 0.3) is 0 Å². The van der Waals surface area contributed by atoms with Crippen molar-refractivity contribution in [1.29, 1.82) is 0 Å². The summed E-state index contributed by atoms with van der Waals surface area (Å²) in [6.45, 7) is 11.1. The number of benzene rings is 1. The predicted octanol–water partition coefficient (Wildman–Crippen LogP) is 3.10. The fourth-order valence-electron chi connectivity index (χ4n) is 1.60. The fraction of sp³-hybridized carbons (Fsp3) is 0.500. The lowest BCUT2D eigenvalue weighted by Gasteiger charge is -2.23. The number of hydrogen-bond donors (Lipinski definition) is 0. The maximum Gasteiger partial charge on any atom is -0.0126 e. The molecule has 1 aromatic carbocycles. The van der Waals surface area contributed by atoms with E-state index < -0.39 is 0 Å². The van der Waals surface area contributed by atoms with Crippen LogP contribution < -0.4 is 5.30 Å².